The van der Waals surface area contributed by atoms with Crippen LogP contribution >= 0.6 is 0 Å². The van der Waals surface area contributed by atoms with E-state index >= 15 is 0 Å². The lowest BCUT2D eigenvalue weighted by Gasteiger charge is -1.94. The summed E-state index contributed by atoms with van der Waals surface area (Å²) >= 11 is 0. The highest BCUT2D eigenvalue weighted by Crippen LogP contribution is 2.15. The molecule has 0 unspecified atom stereocenters. The van der Waals surface area contributed by atoms with Gasteiger partial charge in [-0.15, -0.1) is 0 Å². The van der Waals surface area contributed by atoms with Gasteiger partial charge in [-0.1, -0.05) is 12.1 Å². The summed E-state index contributed by atoms with van der Waals surface area (Å²) in [6, 6.07) is 9.24. The standard InChI is InChI=1S/C14H9FN2O2/c15-10-5-3-9(4-6-10)8-11-14(18)17-13(16-11)12-2-1-7-19-12/h1-8H,(H,16,17,18)/b11-8+. The summed E-state index contributed by atoms with van der Waals surface area (Å²) in [6.07, 6.45) is 3.09. The van der Waals surface area contributed by atoms with E-state index < -0.39 is 0 Å². The van der Waals surface area contributed by atoms with E-state index in [0.717, 1.165) is 0 Å². The predicted octanol–water partition coefficient (Wildman–Crippen LogP) is 2.34. The quantitative estimate of drug-likeness (QED) is 0.838. The van der Waals surface area contributed by atoms with Crippen LogP contribution in [-0.4, -0.2) is 11.7 Å². The number of carbonyl (C=O) groups excluding carboxylic acids is 1. The molecule has 0 spiro atoms. The van der Waals surface area contributed by atoms with Crippen molar-refractivity contribution in [3.05, 3.63) is 65.5 Å². The molecule has 0 atom stereocenters. The lowest BCUT2D eigenvalue weighted by atomic mass is 10.2. The van der Waals surface area contributed by atoms with Gasteiger partial charge in [0.25, 0.3) is 5.91 Å². The van der Waals surface area contributed by atoms with Crippen LogP contribution in [0.5, 0.6) is 0 Å². The van der Waals surface area contributed by atoms with E-state index in [4.69, 9.17) is 4.42 Å². The smallest absolute Gasteiger partial charge is 0.275 e. The molecule has 1 aromatic heterocycles. The Bertz CT molecular complexity index is 670. The van der Waals surface area contributed by atoms with E-state index in [9.17, 15) is 9.18 Å². The molecule has 94 valence electrons. The fourth-order valence-corrected chi connectivity index (χ4v) is 1.72. The van der Waals surface area contributed by atoms with Crippen LogP contribution < -0.4 is 5.32 Å². The number of aliphatic imine (C=N–C) groups is 1. The maximum atomic E-state index is 12.8. The van der Waals surface area contributed by atoms with E-state index in [-0.39, 0.29) is 17.4 Å². The van der Waals surface area contributed by atoms with E-state index in [1.54, 1.807) is 30.3 Å². The maximum Gasteiger partial charge on any atom is 0.275 e. The lowest BCUT2D eigenvalue weighted by Crippen LogP contribution is -2.24. The Hall–Kier alpha value is -2.69. The van der Waals surface area contributed by atoms with Gasteiger partial charge in [-0.3, -0.25) is 4.79 Å². The third kappa shape index (κ3) is 2.30. The minimum absolute atomic E-state index is 0.262. The highest BCUT2D eigenvalue weighted by Gasteiger charge is 2.22. The number of carbonyl (C=O) groups is 1. The van der Waals surface area contributed by atoms with E-state index in [1.807, 2.05) is 0 Å². The zero-order valence-electron chi connectivity index (χ0n) is 9.76. The first kappa shape index (κ1) is 11.4. The van der Waals surface area contributed by atoms with Crippen LogP contribution in [0.25, 0.3) is 6.08 Å². The fraction of sp³-hybridized carbons (Fsp3) is 0. The van der Waals surface area contributed by atoms with Crippen LogP contribution in [-0.2, 0) is 4.79 Å². The Labute approximate surface area is 108 Å². The molecule has 2 heterocycles. The number of furan rings is 1. The third-order valence-corrected chi connectivity index (χ3v) is 2.62. The van der Waals surface area contributed by atoms with Gasteiger partial charge < -0.3 is 9.73 Å². The van der Waals surface area contributed by atoms with Gasteiger partial charge >= 0.3 is 0 Å². The summed E-state index contributed by atoms with van der Waals surface area (Å²) in [5.41, 5.74) is 0.967. The highest BCUT2D eigenvalue weighted by atomic mass is 19.1. The molecular weight excluding hydrogens is 247 g/mol. The molecule has 19 heavy (non-hydrogen) atoms. The molecule has 5 heteroatoms. The molecule has 0 saturated carbocycles. The zero-order valence-corrected chi connectivity index (χ0v) is 9.76. The molecule has 1 aliphatic rings. The number of hydrogen-bond acceptors (Lipinski definition) is 3. The van der Waals surface area contributed by atoms with Gasteiger partial charge in [0.15, 0.2) is 11.6 Å². The van der Waals surface area contributed by atoms with Crippen molar-refractivity contribution in [1.29, 1.82) is 0 Å². The van der Waals surface area contributed by atoms with E-state index in [1.165, 1.54) is 18.4 Å². The Morgan fingerprint density at radius 2 is 2.00 bits per heavy atom. The monoisotopic (exact) mass is 256 g/mol. The Morgan fingerprint density at radius 3 is 2.68 bits per heavy atom. The summed E-state index contributed by atoms with van der Waals surface area (Å²) in [6.45, 7) is 0. The fourth-order valence-electron chi connectivity index (χ4n) is 1.72. The molecule has 1 aliphatic heterocycles. The summed E-state index contributed by atoms with van der Waals surface area (Å²) < 4.78 is 17.9. The Kier molecular flexibility index (Phi) is 2.72. The average molecular weight is 256 g/mol. The summed E-state index contributed by atoms with van der Waals surface area (Å²) in [5.74, 6) is 0.243. The lowest BCUT2D eigenvalue weighted by molar-refractivity contribution is -0.115. The van der Waals surface area contributed by atoms with Gasteiger partial charge in [-0.05, 0) is 35.9 Å². The second-order valence-electron chi connectivity index (χ2n) is 3.97. The molecule has 0 fully saturated rings. The van der Waals surface area contributed by atoms with Gasteiger partial charge in [0.1, 0.15) is 11.5 Å². The number of amidine groups is 1. The molecular formula is C14H9FN2O2. The number of nitrogens with zero attached hydrogens (tertiary/aromatic N) is 1. The van der Waals surface area contributed by atoms with Crippen molar-refractivity contribution in [2.24, 2.45) is 4.99 Å². The third-order valence-electron chi connectivity index (χ3n) is 2.62. The van der Waals surface area contributed by atoms with Crippen molar-refractivity contribution in [3.63, 3.8) is 0 Å². The van der Waals surface area contributed by atoms with Crippen LogP contribution in [0.15, 0.2) is 57.8 Å². The van der Waals surface area contributed by atoms with Crippen molar-refractivity contribution in [3.8, 4) is 0 Å². The van der Waals surface area contributed by atoms with Crippen LogP contribution in [0.4, 0.5) is 4.39 Å². The number of hydrogen-bond donors (Lipinski definition) is 1. The highest BCUT2D eigenvalue weighted by molar-refractivity contribution is 6.18. The van der Waals surface area contributed by atoms with Gasteiger partial charge in [0.2, 0.25) is 0 Å². The molecule has 4 nitrogen and oxygen atoms in total. The van der Waals surface area contributed by atoms with Crippen LogP contribution in [0.3, 0.4) is 0 Å². The largest absolute Gasteiger partial charge is 0.461 e. The van der Waals surface area contributed by atoms with Gasteiger partial charge in [-0.2, -0.15) is 0 Å². The second-order valence-corrected chi connectivity index (χ2v) is 3.97. The van der Waals surface area contributed by atoms with Crippen molar-refractivity contribution in [2.75, 3.05) is 0 Å². The molecule has 1 N–H and O–H groups in total. The van der Waals surface area contributed by atoms with E-state index in [2.05, 4.69) is 10.3 Å². The minimum atomic E-state index is -0.321. The molecule has 1 amide bonds. The predicted molar refractivity (Wildman–Crippen MR) is 67.8 cm³/mol. The molecule has 0 saturated heterocycles. The van der Waals surface area contributed by atoms with E-state index in [0.29, 0.717) is 17.2 Å². The SMILES string of the molecule is O=C1NC(c2ccco2)=N/C1=C/c1ccc(F)cc1. The molecule has 2 aromatic rings. The van der Waals surface area contributed by atoms with Gasteiger partial charge in [0, 0.05) is 0 Å². The maximum absolute atomic E-state index is 12.8. The minimum Gasteiger partial charge on any atom is -0.461 e. The number of rotatable bonds is 2. The first-order chi connectivity index (χ1) is 9.22. The second kappa shape index (κ2) is 4.53. The Balaban J connectivity index is 1.92. The molecule has 1 aromatic carbocycles. The molecule has 0 aliphatic carbocycles. The summed E-state index contributed by atoms with van der Waals surface area (Å²) in [4.78, 5) is 15.9. The normalized spacial score (nSPS) is 16.6. The number of amides is 1. The first-order valence-corrected chi connectivity index (χ1v) is 5.63. The first-order valence-electron chi connectivity index (χ1n) is 5.63. The average Bonchev–Trinajstić information content (AvgIpc) is 3.03. The summed E-state index contributed by atoms with van der Waals surface area (Å²) in [5, 5.41) is 2.61. The molecule has 0 radical (unpaired) electrons. The van der Waals surface area contributed by atoms with Gasteiger partial charge in [-0.25, -0.2) is 9.38 Å². The van der Waals surface area contributed by atoms with Crippen LogP contribution in [0.2, 0.25) is 0 Å². The van der Waals surface area contributed by atoms with Crippen molar-refractivity contribution in [2.45, 2.75) is 0 Å². The van der Waals surface area contributed by atoms with Crippen LogP contribution in [0.1, 0.15) is 11.3 Å². The molecule has 3 rings (SSSR count). The van der Waals surface area contributed by atoms with Crippen molar-refractivity contribution >= 4 is 17.8 Å². The number of halogens is 1. The summed E-state index contributed by atoms with van der Waals surface area (Å²) in [7, 11) is 0. The molecule has 0 bridgehead atoms. The topological polar surface area (TPSA) is 54.6 Å². The number of benzene rings is 1. The zero-order chi connectivity index (χ0) is 13.2. The van der Waals surface area contributed by atoms with Gasteiger partial charge in [0.05, 0.1) is 6.26 Å². The van der Waals surface area contributed by atoms with Crippen molar-refractivity contribution < 1.29 is 13.6 Å². The Morgan fingerprint density at radius 1 is 1.21 bits per heavy atom. The number of nitrogens with one attached hydrogen (secondary N) is 1. The van der Waals surface area contributed by atoms with Crippen LogP contribution in [0, 0.1) is 5.82 Å². The van der Waals surface area contributed by atoms with Crippen molar-refractivity contribution in [1.82, 2.24) is 5.32 Å².